The summed E-state index contributed by atoms with van der Waals surface area (Å²) in [5.41, 5.74) is 7.80. The third-order valence-corrected chi connectivity index (χ3v) is 5.01. The predicted molar refractivity (Wildman–Crippen MR) is 89.6 cm³/mol. The van der Waals surface area contributed by atoms with Crippen molar-refractivity contribution in [2.45, 2.75) is 39.2 Å². The number of hydrogen-bond acceptors (Lipinski definition) is 2. The fourth-order valence-electron chi connectivity index (χ4n) is 2.83. The van der Waals surface area contributed by atoms with Gasteiger partial charge in [0.2, 0.25) is 0 Å². The van der Waals surface area contributed by atoms with Crippen molar-refractivity contribution in [2.75, 3.05) is 5.32 Å². The fourth-order valence-corrected chi connectivity index (χ4v) is 3.36. The summed E-state index contributed by atoms with van der Waals surface area (Å²) < 4.78 is 1.01. The minimum absolute atomic E-state index is 0.445. The average Bonchev–Trinajstić information content (AvgIpc) is 2.36. The number of halogens is 1. The highest BCUT2D eigenvalue weighted by Crippen LogP contribution is 2.32. The van der Waals surface area contributed by atoms with Crippen molar-refractivity contribution >= 4 is 38.8 Å². The van der Waals surface area contributed by atoms with Crippen LogP contribution >= 0.6 is 28.1 Å². The Bertz CT molecular complexity index is 475. The van der Waals surface area contributed by atoms with Crippen molar-refractivity contribution in [1.82, 2.24) is 0 Å². The summed E-state index contributed by atoms with van der Waals surface area (Å²) in [6.07, 6.45) is 3.85. The molecule has 0 spiro atoms. The molecule has 3 N–H and O–H groups in total. The van der Waals surface area contributed by atoms with Gasteiger partial charge in [0.15, 0.2) is 0 Å². The molecule has 0 saturated heterocycles. The second-order valence-corrected chi connectivity index (χ2v) is 6.93. The van der Waals surface area contributed by atoms with Crippen LogP contribution in [0.1, 0.15) is 38.7 Å². The highest BCUT2D eigenvalue weighted by Gasteiger charge is 2.27. The zero-order valence-electron chi connectivity index (χ0n) is 11.4. The Labute approximate surface area is 129 Å². The van der Waals surface area contributed by atoms with Gasteiger partial charge in [0, 0.05) is 21.8 Å². The highest BCUT2D eigenvalue weighted by molar-refractivity contribution is 9.10. The van der Waals surface area contributed by atoms with Crippen LogP contribution < -0.4 is 11.1 Å². The third-order valence-electron chi connectivity index (χ3n) is 4.29. The Morgan fingerprint density at radius 1 is 1.37 bits per heavy atom. The third kappa shape index (κ3) is 3.48. The standard InChI is InChI=1S/C15H21BrN2S/c1-9-4-3-5-13(10(9)2)18-14-7-6-11(16)8-12(14)15(17)19/h6-10,13,18H,3-5H2,1-2H3,(H2,17,19). The molecule has 1 fully saturated rings. The van der Waals surface area contributed by atoms with E-state index in [1.807, 2.05) is 12.1 Å². The number of nitrogens with one attached hydrogen (secondary N) is 1. The smallest absolute Gasteiger partial charge is 0.106 e. The van der Waals surface area contributed by atoms with Crippen LogP contribution in [0, 0.1) is 11.8 Å². The summed E-state index contributed by atoms with van der Waals surface area (Å²) >= 11 is 8.61. The first-order chi connectivity index (χ1) is 8.99. The van der Waals surface area contributed by atoms with Crippen LogP contribution in [0.3, 0.4) is 0 Å². The van der Waals surface area contributed by atoms with Gasteiger partial charge in [-0.25, -0.2) is 0 Å². The van der Waals surface area contributed by atoms with Gasteiger partial charge in [-0.05, 0) is 36.5 Å². The molecule has 2 nitrogen and oxygen atoms in total. The molecule has 0 bridgehead atoms. The monoisotopic (exact) mass is 340 g/mol. The number of thiocarbonyl (C=S) groups is 1. The second-order valence-electron chi connectivity index (χ2n) is 5.57. The Kier molecular flexibility index (Phi) is 4.85. The van der Waals surface area contributed by atoms with E-state index in [2.05, 4.69) is 41.2 Å². The first kappa shape index (κ1) is 14.8. The van der Waals surface area contributed by atoms with Crippen molar-refractivity contribution in [3.05, 3.63) is 28.2 Å². The first-order valence-corrected chi connectivity index (χ1v) is 8.05. The van der Waals surface area contributed by atoms with Crippen LogP contribution in [0.2, 0.25) is 0 Å². The van der Waals surface area contributed by atoms with Crippen molar-refractivity contribution < 1.29 is 0 Å². The molecule has 1 aromatic rings. The summed E-state index contributed by atoms with van der Waals surface area (Å²) in [6, 6.07) is 6.59. The van der Waals surface area contributed by atoms with Gasteiger partial charge in [-0.3, -0.25) is 0 Å². The molecule has 1 aromatic carbocycles. The van der Waals surface area contributed by atoms with Gasteiger partial charge in [-0.1, -0.05) is 54.8 Å². The van der Waals surface area contributed by atoms with E-state index in [4.69, 9.17) is 18.0 Å². The molecule has 1 aliphatic rings. The maximum atomic E-state index is 5.82. The lowest BCUT2D eigenvalue weighted by molar-refractivity contribution is 0.253. The van der Waals surface area contributed by atoms with Gasteiger partial charge in [0.1, 0.15) is 4.99 Å². The molecule has 0 amide bonds. The lowest BCUT2D eigenvalue weighted by Gasteiger charge is -2.35. The SMILES string of the molecule is CC1CCCC(Nc2ccc(Br)cc2C(N)=S)C1C. The Hall–Kier alpha value is -0.610. The lowest BCUT2D eigenvalue weighted by Crippen LogP contribution is -2.35. The molecule has 4 heteroatoms. The molecule has 0 heterocycles. The van der Waals surface area contributed by atoms with Gasteiger partial charge >= 0.3 is 0 Å². The zero-order chi connectivity index (χ0) is 14.0. The molecule has 0 aliphatic heterocycles. The van der Waals surface area contributed by atoms with Gasteiger partial charge in [-0.15, -0.1) is 0 Å². The van der Waals surface area contributed by atoms with Crippen LogP contribution in [0.5, 0.6) is 0 Å². The van der Waals surface area contributed by atoms with Gasteiger partial charge in [-0.2, -0.15) is 0 Å². The van der Waals surface area contributed by atoms with E-state index in [0.717, 1.165) is 21.6 Å². The van der Waals surface area contributed by atoms with Crippen molar-refractivity contribution in [3.63, 3.8) is 0 Å². The minimum Gasteiger partial charge on any atom is -0.389 e. The van der Waals surface area contributed by atoms with E-state index in [1.165, 1.54) is 19.3 Å². The van der Waals surface area contributed by atoms with Gasteiger partial charge in [0.25, 0.3) is 0 Å². The number of hydrogen-bond donors (Lipinski definition) is 2. The summed E-state index contributed by atoms with van der Waals surface area (Å²) in [7, 11) is 0. The maximum absolute atomic E-state index is 5.82. The normalized spacial score (nSPS) is 27.0. The molecule has 104 valence electrons. The summed E-state index contributed by atoms with van der Waals surface area (Å²) in [5, 5.41) is 3.65. The maximum Gasteiger partial charge on any atom is 0.106 e. The van der Waals surface area contributed by atoms with Crippen LogP contribution in [-0.4, -0.2) is 11.0 Å². The number of anilines is 1. The second kappa shape index (κ2) is 6.23. The molecular weight excluding hydrogens is 320 g/mol. The first-order valence-electron chi connectivity index (χ1n) is 6.85. The van der Waals surface area contributed by atoms with Crippen LogP contribution in [-0.2, 0) is 0 Å². The van der Waals surface area contributed by atoms with Crippen LogP contribution in [0.4, 0.5) is 5.69 Å². The Morgan fingerprint density at radius 3 is 2.79 bits per heavy atom. The molecule has 1 aliphatic carbocycles. The lowest BCUT2D eigenvalue weighted by atomic mass is 9.78. The molecule has 19 heavy (non-hydrogen) atoms. The Balaban J connectivity index is 2.21. The predicted octanol–water partition coefficient (Wildman–Crippen LogP) is 4.32. The molecule has 2 rings (SSSR count). The molecule has 3 unspecified atom stereocenters. The van der Waals surface area contributed by atoms with E-state index in [0.29, 0.717) is 16.9 Å². The van der Waals surface area contributed by atoms with Crippen molar-refractivity contribution in [1.29, 1.82) is 0 Å². The molecule has 1 saturated carbocycles. The van der Waals surface area contributed by atoms with Gasteiger partial charge in [0.05, 0.1) is 0 Å². The molecule has 0 radical (unpaired) electrons. The zero-order valence-corrected chi connectivity index (χ0v) is 13.9. The fraction of sp³-hybridized carbons (Fsp3) is 0.533. The summed E-state index contributed by atoms with van der Waals surface area (Å²) in [4.78, 5) is 0.445. The largest absolute Gasteiger partial charge is 0.389 e. The Morgan fingerprint density at radius 2 is 2.11 bits per heavy atom. The van der Waals surface area contributed by atoms with Crippen LogP contribution in [0.15, 0.2) is 22.7 Å². The summed E-state index contributed by atoms with van der Waals surface area (Å²) in [5.74, 6) is 1.45. The quantitative estimate of drug-likeness (QED) is 0.804. The minimum atomic E-state index is 0.445. The molecular formula is C15H21BrN2S. The van der Waals surface area contributed by atoms with Crippen molar-refractivity contribution in [2.24, 2.45) is 17.6 Å². The molecule has 0 aromatic heterocycles. The topological polar surface area (TPSA) is 38.0 Å². The van der Waals surface area contributed by atoms with E-state index in [-0.39, 0.29) is 0 Å². The van der Waals surface area contributed by atoms with E-state index in [1.54, 1.807) is 0 Å². The highest BCUT2D eigenvalue weighted by atomic mass is 79.9. The number of benzene rings is 1. The van der Waals surface area contributed by atoms with Gasteiger partial charge < -0.3 is 11.1 Å². The summed E-state index contributed by atoms with van der Waals surface area (Å²) in [6.45, 7) is 4.68. The average molecular weight is 341 g/mol. The van der Waals surface area contributed by atoms with Crippen molar-refractivity contribution in [3.8, 4) is 0 Å². The van der Waals surface area contributed by atoms with E-state index >= 15 is 0 Å². The van der Waals surface area contributed by atoms with E-state index in [9.17, 15) is 0 Å². The van der Waals surface area contributed by atoms with E-state index < -0.39 is 0 Å². The number of nitrogens with two attached hydrogens (primary N) is 1. The molecule has 3 atom stereocenters. The van der Waals surface area contributed by atoms with Crippen LogP contribution in [0.25, 0.3) is 0 Å². The number of rotatable bonds is 3.